The molecule has 1 aromatic carbocycles. The van der Waals surface area contributed by atoms with Crippen molar-refractivity contribution in [2.45, 2.75) is 16.3 Å². The maximum Gasteiger partial charge on any atom is 0.124 e. The fraction of sp³-hybridized carbons (Fsp3) is 0.0833. The van der Waals surface area contributed by atoms with Gasteiger partial charge in [-0.3, -0.25) is 4.98 Å². The van der Waals surface area contributed by atoms with Gasteiger partial charge in [-0.15, -0.1) is 0 Å². The lowest BCUT2D eigenvalue weighted by Gasteiger charge is -2.02. The maximum absolute atomic E-state index is 12.9. The first-order valence-electron chi connectivity index (χ1n) is 4.86. The van der Waals surface area contributed by atoms with E-state index in [1.165, 1.54) is 23.9 Å². The molecule has 2 nitrogen and oxygen atoms in total. The smallest absolute Gasteiger partial charge is 0.124 e. The minimum Gasteiger partial charge on any atom is -0.325 e. The number of nitrogens with two attached hydrogens (primary N) is 1. The Bertz CT molecular complexity index is 471. The summed E-state index contributed by atoms with van der Waals surface area (Å²) in [5.74, 6) is -0.225. The molecule has 0 aliphatic rings. The molecular formula is C12H11FN2S. The Balaban J connectivity index is 2.14. The van der Waals surface area contributed by atoms with Crippen molar-refractivity contribution >= 4 is 11.8 Å². The first-order valence-corrected chi connectivity index (χ1v) is 5.68. The number of aromatic nitrogens is 1. The van der Waals surface area contributed by atoms with Gasteiger partial charge in [-0.1, -0.05) is 17.8 Å². The van der Waals surface area contributed by atoms with Gasteiger partial charge in [0.05, 0.1) is 5.69 Å². The Morgan fingerprint density at radius 1 is 1.19 bits per heavy atom. The van der Waals surface area contributed by atoms with E-state index in [1.807, 2.05) is 18.2 Å². The molecule has 2 aromatic rings. The molecule has 16 heavy (non-hydrogen) atoms. The summed E-state index contributed by atoms with van der Waals surface area (Å²) in [6.45, 7) is 0.435. The van der Waals surface area contributed by atoms with Crippen LogP contribution in [0.1, 0.15) is 5.69 Å². The predicted molar refractivity (Wildman–Crippen MR) is 62.7 cm³/mol. The minimum atomic E-state index is -0.225. The summed E-state index contributed by atoms with van der Waals surface area (Å²) in [4.78, 5) is 6.01. The molecule has 0 radical (unpaired) electrons. The van der Waals surface area contributed by atoms with E-state index >= 15 is 0 Å². The molecule has 4 heteroatoms. The molecule has 1 heterocycles. The van der Waals surface area contributed by atoms with Crippen LogP contribution in [0.2, 0.25) is 0 Å². The second-order valence-electron chi connectivity index (χ2n) is 3.25. The van der Waals surface area contributed by atoms with Crippen molar-refractivity contribution in [3.8, 4) is 0 Å². The first kappa shape index (κ1) is 11.1. The van der Waals surface area contributed by atoms with Gasteiger partial charge in [-0.05, 0) is 30.3 Å². The number of rotatable bonds is 3. The molecule has 82 valence electrons. The third-order valence-electron chi connectivity index (χ3n) is 2.04. The molecule has 0 spiro atoms. The van der Waals surface area contributed by atoms with Gasteiger partial charge in [0, 0.05) is 22.5 Å². The topological polar surface area (TPSA) is 38.9 Å². The summed E-state index contributed by atoms with van der Waals surface area (Å²) in [6, 6.07) is 10.3. The quantitative estimate of drug-likeness (QED) is 0.887. The van der Waals surface area contributed by atoms with Gasteiger partial charge in [0.25, 0.3) is 0 Å². The largest absolute Gasteiger partial charge is 0.325 e. The molecule has 0 saturated heterocycles. The summed E-state index contributed by atoms with van der Waals surface area (Å²) in [6.07, 6.45) is 1.75. The fourth-order valence-corrected chi connectivity index (χ4v) is 2.09. The highest BCUT2D eigenvalue weighted by Gasteiger charge is 1.99. The Kier molecular flexibility index (Phi) is 3.54. The molecule has 1 aromatic heterocycles. The van der Waals surface area contributed by atoms with Gasteiger partial charge in [0.15, 0.2) is 0 Å². The van der Waals surface area contributed by atoms with E-state index < -0.39 is 0 Å². The monoisotopic (exact) mass is 234 g/mol. The van der Waals surface area contributed by atoms with E-state index in [2.05, 4.69) is 4.98 Å². The highest BCUT2D eigenvalue weighted by atomic mass is 32.2. The van der Waals surface area contributed by atoms with Crippen LogP contribution in [0.5, 0.6) is 0 Å². The van der Waals surface area contributed by atoms with Gasteiger partial charge in [0.2, 0.25) is 0 Å². The van der Waals surface area contributed by atoms with Crippen molar-refractivity contribution in [2.24, 2.45) is 5.73 Å². The number of halogens is 1. The summed E-state index contributed by atoms with van der Waals surface area (Å²) in [5, 5.41) is 0. The van der Waals surface area contributed by atoms with E-state index in [0.717, 1.165) is 15.5 Å². The van der Waals surface area contributed by atoms with Gasteiger partial charge in [0.1, 0.15) is 5.82 Å². The van der Waals surface area contributed by atoms with Crippen molar-refractivity contribution in [1.29, 1.82) is 0 Å². The lowest BCUT2D eigenvalue weighted by atomic mass is 10.3. The molecule has 0 aliphatic heterocycles. The van der Waals surface area contributed by atoms with Gasteiger partial charge >= 0.3 is 0 Å². The van der Waals surface area contributed by atoms with E-state index in [0.29, 0.717) is 6.54 Å². The van der Waals surface area contributed by atoms with Crippen LogP contribution < -0.4 is 5.73 Å². The van der Waals surface area contributed by atoms with E-state index in [9.17, 15) is 4.39 Å². The lowest BCUT2D eigenvalue weighted by Crippen LogP contribution is -1.98. The van der Waals surface area contributed by atoms with E-state index in [4.69, 9.17) is 5.73 Å². The summed E-state index contributed by atoms with van der Waals surface area (Å²) in [7, 11) is 0. The fourth-order valence-electron chi connectivity index (χ4n) is 1.26. The third-order valence-corrected chi connectivity index (χ3v) is 3.01. The van der Waals surface area contributed by atoms with Gasteiger partial charge < -0.3 is 5.73 Å². The van der Waals surface area contributed by atoms with Crippen LogP contribution in [-0.2, 0) is 6.54 Å². The molecule has 0 bridgehead atoms. The Morgan fingerprint density at radius 2 is 2.06 bits per heavy atom. The van der Waals surface area contributed by atoms with Crippen LogP contribution in [-0.4, -0.2) is 4.98 Å². The van der Waals surface area contributed by atoms with Crippen molar-refractivity contribution < 1.29 is 4.39 Å². The zero-order valence-electron chi connectivity index (χ0n) is 8.56. The number of nitrogens with zero attached hydrogens (tertiary/aromatic N) is 1. The Hall–Kier alpha value is -1.39. The van der Waals surface area contributed by atoms with Crippen molar-refractivity contribution in [2.75, 3.05) is 0 Å². The standard InChI is InChI=1S/C12H11FN2S/c13-9-2-1-3-11(6-9)16-12-5-4-10(7-14)15-8-12/h1-6,8H,7,14H2. The number of pyridine rings is 1. The molecule has 0 aliphatic carbocycles. The van der Waals surface area contributed by atoms with E-state index in [1.54, 1.807) is 12.3 Å². The van der Waals surface area contributed by atoms with Crippen molar-refractivity contribution in [1.82, 2.24) is 4.98 Å². The minimum absolute atomic E-state index is 0.225. The molecule has 0 fully saturated rings. The molecule has 0 unspecified atom stereocenters. The Morgan fingerprint density at radius 3 is 2.69 bits per heavy atom. The number of hydrogen-bond donors (Lipinski definition) is 1. The summed E-state index contributed by atoms with van der Waals surface area (Å²) < 4.78 is 12.9. The highest BCUT2D eigenvalue weighted by molar-refractivity contribution is 7.99. The van der Waals surface area contributed by atoms with Crippen LogP contribution in [0.25, 0.3) is 0 Å². The SMILES string of the molecule is NCc1ccc(Sc2cccc(F)c2)cn1. The van der Waals surface area contributed by atoms with Crippen LogP contribution in [0.4, 0.5) is 4.39 Å². The van der Waals surface area contributed by atoms with Crippen molar-refractivity contribution in [3.05, 3.63) is 54.1 Å². The molecule has 0 saturated carbocycles. The maximum atomic E-state index is 12.9. The molecule has 0 atom stereocenters. The summed E-state index contributed by atoms with van der Waals surface area (Å²) >= 11 is 1.48. The van der Waals surface area contributed by atoms with E-state index in [-0.39, 0.29) is 5.82 Å². The lowest BCUT2D eigenvalue weighted by molar-refractivity contribution is 0.624. The third kappa shape index (κ3) is 2.81. The van der Waals surface area contributed by atoms with Gasteiger partial charge in [-0.2, -0.15) is 0 Å². The van der Waals surface area contributed by atoms with Crippen molar-refractivity contribution in [3.63, 3.8) is 0 Å². The predicted octanol–water partition coefficient (Wildman–Crippen LogP) is 2.83. The molecule has 0 amide bonds. The highest BCUT2D eigenvalue weighted by Crippen LogP contribution is 2.27. The Labute approximate surface area is 97.7 Å². The average Bonchev–Trinajstić information content (AvgIpc) is 2.30. The van der Waals surface area contributed by atoms with Crippen LogP contribution in [0, 0.1) is 5.82 Å². The second kappa shape index (κ2) is 5.09. The zero-order chi connectivity index (χ0) is 11.4. The normalized spacial score (nSPS) is 10.4. The number of benzene rings is 1. The second-order valence-corrected chi connectivity index (χ2v) is 4.40. The summed E-state index contributed by atoms with van der Waals surface area (Å²) in [5.41, 5.74) is 6.30. The molecular weight excluding hydrogens is 223 g/mol. The molecule has 2 rings (SSSR count). The van der Waals surface area contributed by atoms with Crippen LogP contribution >= 0.6 is 11.8 Å². The number of hydrogen-bond acceptors (Lipinski definition) is 3. The zero-order valence-corrected chi connectivity index (χ0v) is 9.38. The van der Waals surface area contributed by atoms with Crippen LogP contribution in [0.15, 0.2) is 52.4 Å². The van der Waals surface area contributed by atoms with Gasteiger partial charge in [-0.25, -0.2) is 4.39 Å². The first-order chi connectivity index (χ1) is 7.78. The van der Waals surface area contributed by atoms with Crippen LogP contribution in [0.3, 0.4) is 0 Å². The molecule has 2 N–H and O–H groups in total. The average molecular weight is 234 g/mol.